The van der Waals surface area contributed by atoms with Crippen molar-refractivity contribution in [3.05, 3.63) is 95.6 Å². The third kappa shape index (κ3) is 5.10. The molecule has 0 aliphatic rings. The fraction of sp³-hybridized carbons (Fsp3) is 0.182. The SMILES string of the molecule is [NH]CCc1ccc(OCc2ccccc2)c(OCc2ccccc2)c1. The highest BCUT2D eigenvalue weighted by Crippen LogP contribution is 2.30. The molecular weight excluding hydrogens is 310 g/mol. The van der Waals surface area contributed by atoms with Crippen molar-refractivity contribution >= 4 is 0 Å². The molecule has 0 fully saturated rings. The summed E-state index contributed by atoms with van der Waals surface area (Å²) in [5.74, 6) is 1.46. The minimum Gasteiger partial charge on any atom is -0.485 e. The number of hydrogen-bond donors (Lipinski definition) is 0. The Labute approximate surface area is 149 Å². The summed E-state index contributed by atoms with van der Waals surface area (Å²) in [6, 6.07) is 26.1. The lowest BCUT2D eigenvalue weighted by molar-refractivity contribution is 0.255. The summed E-state index contributed by atoms with van der Waals surface area (Å²) in [6.07, 6.45) is 0.709. The molecule has 0 aromatic heterocycles. The number of rotatable bonds is 8. The van der Waals surface area contributed by atoms with Crippen molar-refractivity contribution in [3.63, 3.8) is 0 Å². The molecule has 0 saturated carbocycles. The van der Waals surface area contributed by atoms with Crippen LogP contribution in [-0.2, 0) is 19.6 Å². The minimum atomic E-state index is 0.363. The molecule has 0 aliphatic heterocycles. The van der Waals surface area contributed by atoms with Gasteiger partial charge in [0.15, 0.2) is 11.5 Å². The highest BCUT2D eigenvalue weighted by molar-refractivity contribution is 5.43. The average Bonchev–Trinajstić information content (AvgIpc) is 2.67. The van der Waals surface area contributed by atoms with Gasteiger partial charge in [-0.05, 0) is 35.2 Å². The Balaban J connectivity index is 1.73. The van der Waals surface area contributed by atoms with Crippen molar-refractivity contribution in [2.75, 3.05) is 6.54 Å². The van der Waals surface area contributed by atoms with Gasteiger partial charge in [-0.2, -0.15) is 0 Å². The third-order valence-electron chi connectivity index (χ3n) is 3.90. The van der Waals surface area contributed by atoms with Crippen molar-refractivity contribution < 1.29 is 9.47 Å². The van der Waals surface area contributed by atoms with Crippen LogP contribution in [0.1, 0.15) is 16.7 Å². The van der Waals surface area contributed by atoms with Gasteiger partial charge in [-0.3, -0.25) is 5.73 Å². The van der Waals surface area contributed by atoms with Crippen molar-refractivity contribution in [2.24, 2.45) is 0 Å². The Morgan fingerprint density at radius 1 is 0.600 bits per heavy atom. The molecule has 0 bridgehead atoms. The average molecular weight is 332 g/mol. The summed E-state index contributed by atoms with van der Waals surface area (Å²) >= 11 is 0. The highest BCUT2D eigenvalue weighted by Gasteiger charge is 2.08. The fourth-order valence-corrected chi connectivity index (χ4v) is 2.56. The predicted molar refractivity (Wildman–Crippen MR) is 99.7 cm³/mol. The summed E-state index contributed by atoms with van der Waals surface area (Å²) in [5.41, 5.74) is 10.7. The Morgan fingerprint density at radius 3 is 1.72 bits per heavy atom. The quantitative estimate of drug-likeness (QED) is 0.601. The Morgan fingerprint density at radius 2 is 1.16 bits per heavy atom. The van der Waals surface area contributed by atoms with Crippen LogP contribution in [0.2, 0.25) is 0 Å². The van der Waals surface area contributed by atoms with Crippen LogP contribution in [0, 0.1) is 0 Å². The van der Waals surface area contributed by atoms with E-state index in [4.69, 9.17) is 15.2 Å². The molecule has 3 nitrogen and oxygen atoms in total. The van der Waals surface area contributed by atoms with E-state index in [1.807, 2.05) is 78.9 Å². The zero-order valence-corrected chi connectivity index (χ0v) is 14.2. The molecule has 0 atom stereocenters. The Kier molecular flexibility index (Phi) is 6.07. The smallest absolute Gasteiger partial charge is 0.161 e. The molecule has 0 heterocycles. The maximum absolute atomic E-state index is 7.42. The normalized spacial score (nSPS) is 10.4. The van der Waals surface area contributed by atoms with Gasteiger partial charge in [-0.25, -0.2) is 0 Å². The summed E-state index contributed by atoms with van der Waals surface area (Å²) in [4.78, 5) is 0. The van der Waals surface area contributed by atoms with Crippen LogP contribution in [0.4, 0.5) is 0 Å². The van der Waals surface area contributed by atoms with Crippen LogP contribution in [0.15, 0.2) is 78.9 Å². The first-order chi connectivity index (χ1) is 12.3. The third-order valence-corrected chi connectivity index (χ3v) is 3.90. The van der Waals surface area contributed by atoms with Gasteiger partial charge in [0.1, 0.15) is 13.2 Å². The van der Waals surface area contributed by atoms with Gasteiger partial charge in [0.05, 0.1) is 0 Å². The number of ether oxygens (including phenoxy) is 2. The number of benzene rings is 3. The molecule has 127 valence electrons. The second-order valence-corrected chi connectivity index (χ2v) is 5.83. The molecule has 3 heteroatoms. The lowest BCUT2D eigenvalue weighted by atomic mass is 10.1. The second kappa shape index (κ2) is 8.90. The maximum Gasteiger partial charge on any atom is 0.161 e. The molecule has 1 radical (unpaired) electrons. The monoisotopic (exact) mass is 332 g/mol. The van der Waals surface area contributed by atoms with Crippen molar-refractivity contribution in [1.29, 1.82) is 0 Å². The van der Waals surface area contributed by atoms with Gasteiger partial charge in [0.2, 0.25) is 0 Å². The van der Waals surface area contributed by atoms with Crippen LogP contribution in [0.3, 0.4) is 0 Å². The first kappa shape index (κ1) is 17.1. The molecule has 25 heavy (non-hydrogen) atoms. The Hall–Kier alpha value is -2.78. The van der Waals surface area contributed by atoms with E-state index in [1.165, 1.54) is 0 Å². The molecule has 3 aromatic carbocycles. The van der Waals surface area contributed by atoms with Gasteiger partial charge < -0.3 is 9.47 Å². The lowest BCUT2D eigenvalue weighted by Crippen LogP contribution is -2.02. The fourth-order valence-electron chi connectivity index (χ4n) is 2.56. The standard InChI is InChI=1S/C22H22NO2/c23-14-13-18-11-12-21(24-16-19-7-3-1-4-8-19)22(15-18)25-17-20-9-5-2-6-10-20/h1-12,15,23H,13-14,16-17H2. The van der Waals surface area contributed by atoms with Crippen LogP contribution < -0.4 is 15.2 Å². The zero-order valence-electron chi connectivity index (χ0n) is 14.2. The van der Waals surface area contributed by atoms with Gasteiger partial charge in [-0.1, -0.05) is 66.7 Å². The van der Waals surface area contributed by atoms with Gasteiger partial charge >= 0.3 is 0 Å². The van der Waals surface area contributed by atoms with Crippen LogP contribution >= 0.6 is 0 Å². The van der Waals surface area contributed by atoms with Gasteiger partial charge in [0.25, 0.3) is 0 Å². The van der Waals surface area contributed by atoms with E-state index in [-0.39, 0.29) is 0 Å². The van der Waals surface area contributed by atoms with Gasteiger partial charge in [0, 0.05) is 6.54 Å². The molecule has 3 aromatic rings. The zero-order chi connectivity index (χ0) is 17.3. The minimum absolute atomic E-state index is 0.363. The molecule has 0 amide bonds. The molecular formula is C22H22NO2. The second-order valence-electron chi connectivity index (χ2n) is 5.83. The van der Waals surface area contributed by atoms with Crippen LogP contribution in [0.25, 0.3) is 0 Å². The van der Waals surface area contributed by atoms with Crippen LogP contribution in [-0.4, -0.2) is 6.54 Å². The molecule has 3 rings (SSSR count). The first-order valence-corrected chi connectivity index (χ1v) is 8.46. The molecule has 0 saturated heterocycles. The molecule has 0 aliphatic carbocycles. The highest BCUT2D eigenvalue weighted by atomic mass is 16.5. The van der Waals surface area contributed by atoms with E-state index in [2.05, 4.69) is 0 Å². The summed E-state index contributed by atoms with van der Waals surface area (Å²) in [5, 5.41) is 0. The van der Waals surface area contributed by atoms with Crippen LogP contribution in [0.5, 0.6) is 11.5 Å². The van der Waals surface area contributed by atoms with Crippen molar-refractivity contribution in [3.8, 4) is 11.5 Å². The number of hydrogen-bond acceptors (Lipinski definition) is 2. The molecule has 0 spiro atoms. The molecule has 1 N–H and O–H groups in total. The van der Waals surface area contributed by atoms with E-state index in [0.29, 0.717) is 26.2 Å². The first-order valence-electron chi connectivity index (χ1n) is 8.46. The summed E-state index contributed by atoms with van der Waals surface area (Å²) in [7, 11) is 0. The van der Waals surface area contributed by atoms with E-state index < -0.39 is 0 Å². The molecule has 0 unspecified atom stereocenters. The van der Waals surface area contributed by atoms with Gasteiger partial charge in [-0.15, -0.1) is 0 Å². The van der Waals surface area contributed by atoms with Crippen molar-refractivity contribution in [2.45, 2.75) is 19.6 Å². The van der Waals surface area contributed by atoms with E-state index in [9.17, 15) is 0 Å². The van der Waals surface area contributed by atoms with E-state index in [1.54, 1.807) is 0 Å². The topological polar surface area (TPSA) is 42.3 Å². The van der Waals surface area contributed by atoms with Crippen molar-refractivity contribution in [1.82, 2.24) is 5.73 Å². The summed E-state index contributed by atoms with van der Waals surface area (Å²) < 4.78 is 12.0. The Bertz CT molecular complexity index is 773. The largest absolute Gasteiger partial charge is 0.485 e. The van der Waals surface area contributed by atoms with E-state index >= 15 is 0 Å². The summed E-state index contributed by atoms with van der Waals surface area (Å²) in [6.45, 7) is 1.36. The lowest BCUT2D eigenvalue weighted by Gasteiger charge is -2.14. The maximum atomic E-state index is 7.42. The van der Waals surface area contributed by atoms with E-state index in [0.717, 1.165) is 28.2 Å². The predicted octanol–water partition coefficient (Wildman–Crippen LogP) is 4.67. The number of nitrogens with one attached hydrogen (secondary N) is 1.